The van der Waals surface area contributed by atoms with Gasteiger partial charge in [-0.15, -0.1) is 46.2 Å². The van der Waals surface area contributed by atoms with E-state index in [4.69, 9.17) is 20.9 Å². The van der Waals surface area contributed by atoms with E-state index in [9.17, 15) is 48.6 Å². The van der Waals surface area contributed by atoms with Gasteiger partial charge in [0.2, 0.25) is 11.8 Å². The molecule has 4 aliphatic heterocycles. The molecule has 8 N–H and O–H groups in total. The molecule has 20 nitrogen and oxygen atoms in total. The quantitative estimate of drug-likeness (QED) is 0.0796. The molecule has 6 rings (SSSR count). The van der Waals surface area contributed by atoms with Crippen LogP contribution in [0.3, 0.4) is 0 Å². The second kappa shape index (κ2) is 19.1. The molecule has 0 bridgehead atoms. The zero-order chi connectivity index (χ0) is 40.9. The Morgan fingerprint density at radius 2 is 1.11 bits per heavy atom. The Morgan fingerprint density at radius 3 is 1.39 bits per heavy atom. The van der Waals surface area contributed by atoms with E-state index in [1.807, 2.05) is 22.9 Å². The Bertz CT molecular complexity index is 1860. The van der Waals surface area contributed by atoms with E-state index in [0.29, 0.717) is 0 Å². The van der Waals surface area contributed by atoms with E-state index >= 15 is 0 Å². The number of thioether (sulfide) groups is 2. The molecule has 0 unspecified atom stereocenters. The van der Waals surface area contributed by atoms with Crippen LogP contribution in [0.15, 0.2) is 57.6 Å². The molecule has 4 aliphatic rings. The number of hydrogen-bond acceptors (Lipinski definition) is 16. The predicted octanol–water partition coefficient (Wildman–Crippen LogP) is -0.451. The fourth-order valence-corrected chi connectivity index (χ4v) is 10.3. The van der Waals surface area contributed by atoms with Gasteiger partial charge in [-0.05, 0) is 22.9 Å². The molecular formula is C32H35N6NaO14S4. The summed E-state index contributed by atoms with van der Waals surface area (Å²) >= 11 is 5.20. The fourth-order valence-electron chi connectivity index (χ4n) is 6.07. The van der Waals surface area contributed by atoms with E-state index < -0.39 is 70.0 Å². The second-order valence-electron chi connectivity index (χ2n) is 11.9. The van der Waals surface area contributed by atoms with E-state index in [2.05, 4.69) is 20.1 Å². The molecule has 0 aromatic carbocycles. The third-order valence-electron chi connectivity index (χ3n) is 8.53. The number of nitrogens with two attached hydrogens (primary N) is 2. The van der Waals surface area contributed by atoms with Crippen molar-refractivity contribution in [2.24, 2.45) is 11.5 Å². The number of carboxylic acid groups (broad SMARTS) is 2. The van der Waals surface area contributed by atoms with Crippen LogP contribution in [0.2, 0.25) is 0 Å². The summed E-state index contributed by atoms with van der Waals surface area (Å²) in [6.07, 6.45) is -1.95. The van der Waals surface area contributed by atoms with Gasteiger partial charge in [-0.1, -0.05) is 12.1 Å². The van der Waals surface area contributed by atoms with Crippen molar-refractivity contribution in [3.63, 3.8) is 0 Å². The van der Waals surface area contributed by atoms with Gasteiger partial charge in [0, 0.05) is 46.6 Å². The maximum atomic E-state index is 12.8. The van der Waals surface area contributed by atoms with Gasteiger partial charge in [-0.2, -0.15) is 0 Å². The molecule has 6 heterocycles. The number of nitrogens with zero attached hydrogens (tertiary/aromatic N) is 2. The van der Waals surface area contributed by atoms with Gasteiger partial charge in [0.15, 0.2) is 0 Å². The number of methoxy groups -OCH3 is 2. The van der Waals surface area contributed by atoms with Crippen LogP contribution in [0.4, 0.5) is 9.59 Å². The summed E-state index contributed by atoms with van der Waals surface area (Å²) in [5.41, 5.74) is 6.41. The Labute approximate surface area is 361 Å². The standard InChI is InChI=1S/2C16H17N3O7S2.Na.H/c2*1-25-16(18-10(20)5-9-3-2-4-27-9)13(23)19-11(12(21)22)8(6-26-15(17)24)7-28-14(16)19;;/h2*2-4,14H,5-7H2,1H3,(H2,17,24)(H,18,20)(H,21,22);;/t2*14-,16+;;/m10../s1. The Hall–Kier alpha value is -4.14. The number of amides is 6. The van der Waals surface area contributed by atoms with Gasteiger partial charge in [0.25, 0.3) is 23.3 Å². The van der Waals surface area contributed by atoms with Crippen molar-refractivity contribution in [1.29, 1.82) is 0 Å². The van der Waals surface area contributed by atoms with Crippen LogP contribution in [-0.2, 0) is 60.6 Å². The zero-order valence-electron chi connectivity index (χ0n) is 29.3. The second-order valence-corrected chi connectivity index (χ2v) is 16.1. The first-order chi connectivity index (χ1) is 26.6. The van der Waals surface area contributed by atoms with Crippen molar-refractivity contribution in [3.8, 4) is 0 Å². The van der Waals surface area contributed by atoms with Crippen molar-refractivity contribution < 1.29 is 67.5 Å². The predicted molar refractivity (Wildman–Crippen MR) is 206 cm³/mol. The maximum absolute atomic E-state index is 12.8. The fraction of sp³-hybridized carbons (Fsp3) is 0.375. The van der Waals surface area contributed by atoms with Crippen LogP contribution in [0.1, 0.15) is 9.75 Å². The van der Waals surface area contributed by atoms with Crippen molar-refractivity contribution >= 4 is 124 Å². The minimum absolute atomic E-state index is 0. The summed E-state index contributed by atoms with van der Waals surface area (Å²) < 4.78 is 20.0. The molecule has 4 atom stereocenters. The number of primary amides is 2. The van der Waals surface area contributed by atoms with Gasteiger partial charge < -0.3 is 51.3 Å². The molecule has 2 fully saturated rings. The molecule has 57 heavy (non-hydrogen) atoms. The number of thiophene rings is 2. The zero-order valence-corrected chi connectivity index (χ0v) is 32.6. The molecule has 2 aromatic heterocycles. The Morgan fingerprint density at radius 1 is 0.737 bits per heavy atom. The molecule has 6 amide bonds. The summed E-state index contributed by atoms with van der Waals surface area (Å²) in [7, 11) is 2.55. The van der Waals surface area contributed by atoms with E-state index in [1.165, 1.54) is 60.4 Å². The molecule has 0 saturated carbocycles. The Kier molecular flexibility index (Phi) is 15.2. The third kappa shape index (κ3) is 9.28. The van der Waals surface area contributed by atoms with Crippen LogP contribution < -0.4 is 22.1 Å². The molecule has 0 aliphatic carbocycles. The number of ether oxygens (including phenoxy) is 4. The number of β-lactam (4-membered cyclic amide) rings is 2. The van der Waals surface area contributed by atoms with Crippen LogP contribution in [-0.4, -0.2) is 158 Å². The van der Waals surface area contributed by atoms with E-state index in [1.54, 1.807) is 12.1 Å². The Balaban J connectivity index is 0.000000248. The molecule has 2 aromatic rings. The van der Waals surface area contributed by atoms with Crippen molar-refractivity contribution in [3.05, 3.63) is 67.3 Å². The first kappa shape index (κ1) is 45.6. The summed E-state index contributed by atoms with van der Waals surface area (Å²) in [4.78, 5) is 99.2. The molecule has 2 saturated heterocycles. The number of carbonyl (C=O) groups excluding carboxylic acids is 6. The van der Waals surface area contributed by atoms with Crippen molar-refractivity contribution in [2.45, 2.75) is 35.0 Å². The van der Waals surface area contributed by atoms with Crippen LogP contribution in [0, 0.1) is 0 Å². The van der Waals surface area contributed by atoms with E-state index in [0.717, 1.165) is 19.6 Å². The van der Waals surface area contributed by atoms with Gasteiger partial charge in [0.1, 0.15) is 35.4 Å². The number of rotatable bonds is 14. The topological polar surface area (TPSA) is 297 Å². The normalized spacial score (nSPS) is 23.3. The number of nitrogens with one attached hydrogen (secondary N) is 2. The molecule has 0 radical (unpaired) electrons. The summed E-state index contributed by atoms with van der Waals surface area (Å²) in [6.45, 7) is -0.684. The summed E-state index contributed by atoms with van der Waals surface area (Å²) in [5.74, 6) is -4.62. The summed E-state index contributed by atoms with van der Waals surface area (Å²) in [5, 5.41) is 26.5. The first-order valence-electron chi connectivity index (χ1n) is 16.0. The first-order valence-corrected chi connectivity index (χ1v) is 19.9. The monoisotopic (exact) mass is 878 g/mol. The molecule has 0 spiro atoms. The van der Waals surface area contributed by atoms with Crippen LogP contribution in [0.25, 0.3) is 0 Å². The SMILES string of the molecule is CO[C@@]1(NC(=O)Cc2cccs2)C(=O)N2C(C(=O)O)=C(COC(N)=O)CS[C@@H]21.CO[C@]1(NC(=O)Cc2cccs2)C(=O)N2C(C(=O)O)=C(COC(N)=O)CS[C@H]21.[NaH]. The summed E-state index contributed by atoms with van der Waals surface area (Å²) in [6, 6.07) is 7.22. The molecular weight excluding hydrogens is 844 g/mol. The number of fused-ring (bicyclic) bond motifs is 2. The van der Waals surface area contributed by atoms with Crippen LogP contribution >= 0.6 is 46.2 Å². The van der Waals surface area contributed by atoms with Crippen molar-refractivity contribution in [1.82, 2.24) is 20.4 Å². The molecule has 25 heteroatoms. The van der Waals surface area contributed by atoms with Crippen LogP contribution in [0.5, 0.6) is 0 Å². The number of carboxylic acids is 2. The minimum atomic E-state index is -1.66. The van der Waals surface area contributed by atoms with Gasteiger partial charge in [-0.3, -0.25) is 29.0 Å². The van der Waals surface area contributed by atoms with E-state index in [-0.39, 0.29) is 89.7 Å². The van der Waals surface area contributed by atoms with Gasteiger partial charge >= 0.3 is 53.7 Å². The molecule has 302 valence electrons. The average Bonchev–Trinajstić information content (AvgIpc) is 3.88. The number of hydrogen-bond donors (Lipinski definition) is 6. The number of aliphatic carboxylic acids is 2. The van der Waals surface area contributed by atoms with Crippen molar-refractivity contribution in [2.75, 3.05) is 38.9 Å². The average molecular weight is 879 g/mol. The van der Waals surface area contributed by atoms with Gasteiger partial charge in [-0.25, -0.2) is 19.2 Å². The van der Waals surface area contributed by atoms with Gasteiger partial charge in [0.05, 0.1) is 12.8 Å². The number of carbonyl (C=O) groups is 8. The third-order valence-corrected chi connectivity index (χ3v) is 13.0.